The monoisotopic (exact) mass is 544 g/mol. The predicted octanol–water partition coefficient (Wildman–Crippen LogP) is 12.4. The van der Waals surface area contributed by atoms with Crippen LogP contribution in [-0.4, -0.2) is 0 Å². The van der Waals surface area contributed by atoms with Crippen LogP contribution in [0.15, 0.2) is 110 Å². The van der Waals surface area contributed by atoms with Crippen molar-refractivity contribution < 1.29 is 0 Å². The summed E-state index contributed by atoms with van der Waals surface area (Å²) in [5.74, 6) is 0. The van der Waals surface area contributed by atoms with E-state index in [-0.39, 0.29) is 10.8 Å². The lowest BCUT2D eigenvalue weighted by molar-refractivity contribution is 0.595. The smallest absolute Gasteiger partial charge is 0.00203 e. The van der Waals surface area contributed by atoms with Gasteiger partial charge in [0, 0.05) is 0 Å². The maximum Gasteiger partial charge on any atom is -0.00203 e. The quantitative estimate of drug-likeness (QED) is 0.207. The molecule has 0 aromatic heterocycles. The Labute approximate surface area is 251 Å². The molecule has 0 aliphatic carbocycles. The molecule has 0 heterocycles. The van der Waals surface area contributed by atoms with E-state index in [2.05, 4.69) is 152 Å². The zero-order valence-electron chi connectivity index (χ0n) is 25.8. The van der Waals surface area contributed by atoms with Crippen molar-refractivity contribution in [2.24, 2.45) is 0 Å². The first-order chi connectivity index (χ1) is 20.1. The van der Waals surface area contributed by atoms with Gasteiger partial charge in [-0.3, -0.25) is 0 Å². The molecule has 0 nitrogen and oxygen atoms in total. The van der Waals surface area contributed by atoms with E-state index in [4.69, 9.17) is 0 Å². The van der Waals surface area contributed by atoms with Crippen molar-refractivity contribution in [3.8, 4) is 22.3 Å². The summed E-state index contributed by atoms with van der Waals surface area (Å²) in [4.78, 5) is 0. The normalized spacial score (nSPS) is 12.2. The molecule has 0 amide bonds. The number of hydrogen-bond donors (Lipinski definition) is 0. The summed E-state index contributed by atoms with van der Waals surface area (Å²) in [7, 11) is 0. The molecule has 208 valence electrons. The molecular formula is C42H40. The van der Waals surface area contributed by atoms with Crippen LogP contribution < -0.4 is 0 Å². The topological polar surface area (TPSA) is 0 Å². The Kier molecular flexibility index (Phi) is 6.70. The molecule has 0 radical (unpaired) electrons. The van der Waals surface area contributed by atoms with Crippen molar-refractivity contribution in [3.63, 3.8) is 0 Å². The third kappa shape index (κ3) is 4.38. The highest BCUT2D eigenvalue weighted by molar-refractivity contribution is 6.17. The molecule has 0 fully saturated rings. The number of hydrogen-bond acceptors (Lipinski definition) is 0. The fraction of sp³-hybridized carbons (Fsp3) is 0.190. The zero-order valence-corrected chi connectivity index (χ0v) is 25.8. The first-order valence-electron chi connectivity index (χ1n) is 14.9. The third-order valence-corrected chi connectivity index (χ3v) is 8.71. The molecule has 0 spiro atoms. The van der Waals surface area contributed by atoms with Crippen molar-refractivity contribution in [2.45, 2.75) is 52.4 Å². The van der Waals surface area contributed by atoms with Gasteiger partial charge in [-0.25, -0.2) is 0 Å². The van der Waals surface area contributed by atoms with Crippen molar-refractivity contribution in [1.29, 1.82) is 0 Å². The maximum atomic E-state index is 4.37. The van der Waals surface area contributed by atoms with Gasteiger partial charge < -0.3 is 0 Å². The second-order valence-corrected chi connectivity index (χ2v) is 13.4. The highest BCUT2D eigenvalue weighted by atomic mass is 14.3. The highest BCUT2D eigenvalue weighted by Gasteiger charge is 2.24. The van der Waals surface area contributed by atoms with Crippen molar-refractivity contribution >= 4 is 44.5 Å². The molecular weight excluding hydrogens is 504 g/mol. The minimum absolute atomic E-state index is 0.0396. The second-order valence-electron chi connectivity index (χ2n) is 13.4. The molecule has 0 aliphatic heterocycles. The van der Waals surface area contributed by atoms with Crippen LogP contribution in [0.1, 0.15) is 63.8 Å². The van der Waals surface area contributed by atoms with Crippen molar-refractivity contribution in [3.05, 3.63) is 132 Å². The minimum atomic E-state index is 0.0396. The zero-order chi connectivity index (χ0) is 29.8. The lowest BCUT2D eigenvalue weighted by atomic mass is 9.78. The Balaban J connectivity index is 1.77. The number of fused-ring (bicyclic) bond motifs is 3. The molecule has 0 N–H and O–H groups in total. The Morgan fingerprint density at radius 1 is 0.405 bits per heavy atom. The van der Waals surface area contributed by atoms with Crippen LogP contribution in [0.4, 0.5) is 0 Å². The van der Waals surface area contributed by atoms with E-state index in [1.54, 1.807) is 0 Å². The highest BCUT2D eigenvalue weighted by Crippen LogP contribution is 2.48. The summed E-state index contributed by atoms with van der Waals surface area (Å²) in [6.45, 7) is 22.5. The maximum absolute atomic E-state index is 4.37. The third-order valence-electron chi connectivity index (χ3n) is 8.71. The lowest BCUT2D eigenvalue weighted by Gasteiger charge is -2.26. The summed E-state index contributed by atoms with van der Waals surface area (Å²) < 4.78 is 0. The van der Waals surface area contributed by atoms with Crippen LogP contribution in [0, 0.1) is 0 Å². The van der Waals surface area contributed by atoms with Crippen LogP contribution >= 0.6 is 0 Å². The molecule has 42 heavy (non-hydrogen) atoms. The van der Waals surface area contributed by atoms with E-state index in [1.807, 2.05) is 12.2 Å². The van der Waals surface area contributed by atoms with Crippen molar-refractivity contribution in [1.82, 2.24) is 0 Å². The van der Waals surface area contributed by atoms with Gasteiger partial charge in [-0.05, 0) is 87.7 Å². The van der Waals surface area contributed by atoms with Gasteiger partial charge in [0.05, 0.1) is 0 Å². The van der Waals surface area contributed by atoms with Crippen LogP contribution in [0.25, 0.3) is 66.7 Å². The van der Waals surface area contributed by atoms with Gasteiger partial charge in [0.15, 0.2) is 0 Å². The summed E-state index contributed by atoms with van der Waals surface area (Å²) in [5.41, 5.74) is 9.93. The van der Waals surface area contributed by atoms with Gasteiger partial charge in [-0.2, -0.15) is 0 Å². The van der Waals surface area contributed by atoms with Crippen LogP contribution in [-0.2, 0) is 10.8 Å². The largest absolute Gasteiger partial charge is 0.0984 e. The summed E-state index contributed by atoms with van der Waals surface area (Å²) in [6, 6.07) is 35.8. The Morgan fingerprint density at radius 3 is 1.02 bits per heavy atom. The summed E-state index contributed by atoms with van der Waals surface area (Å²) in [5, 5.41) is 7.59. The second kappa shape index (κ2) is 10.1. The van der Waals surface area contributed by atoms with E-state index < -0.39 is 0 Å². The molecule has 0 atom stereocenters. The van der Waals surface area contributed by atoms with Gasteiger partial charge in [-0.1, -0.05) is 164 Å². The van der Waals surface area contributed by atoms with Gasteiger partial charge in [0.25, 0.3) is 0 Å². The minimum Gasteiger partial charge on any atom is -0.0984 e. The van der Waals surface area contributed by atoms with Gasteiger partial charge >= 0.3 is 0 Å². The van der Waals surface area contributed by atoms with Crippen LogP contribution in [0.2, 0.25) is 0 Å². The number of rotatable bonds is 4. The number of benzene rings is 6. The van der Waals surface area contributed by atoms with Gasteiger partial charge in [0.2, 0.25) is 0 Å². The van der Waals surface area contributed by atoms with Crippen molar-refractivity contribution in [2.75, 3.05) is 0 Å². The van der Waals surface area contributed by atoms with E-state index >= 15 is 0 Å². The molecule has 6 aromatic carbocycles. The van der Waals surface area contributed by atoms with E-state index in [0.717, 1.165) is 11.1 Å². The molecule has 0 unspecified atom stereocenters. The first kappa shape index (κ1) is 27.7. The molecule has 6 rings (SSSR count). The van der Waals surface area contributed by atoms with E-state index in [0.29, 0.717) is 0 Å². The SMILES string of the molecule is C=Cc1c(C=C)c(-c2ccc(C(C)(C)C)c3ccccc23)c2ccccc2c1-c1ccc(C(C)(C)C)c2ccccc12. The Hall–Kier alpha value is -4.42. The average molecular weight is 545 g/mol. The van der Waals surface area contributed by atoms with E-state index in [9.17, 15) is 0 Å². The predicted molar refractivity (Wildman–Crippen MR) is 187 cm³/mol. The molecule has 0 heteroatoms. The summed E-state index contributed by atoms with van der Waals surface area (Å²) >= 11 is 0. The molecule has 0 bridgehead atoms. The molecule has 0 saturated heterocycles. The molecule has 6 aromatic rings. The van der Waals surface area contributed by atoms with E-state index in [1.165, 1.54) is 65.7 Å². The van der Waals surface area contributed by atoms with Crippen LogP contribution in [0.3, 0.4) is 0 Å². The Morgan fingerprint density at radius 2 is 0.714 bits per heavy atom. The standard InChI is InChI=1S/C42H40/c1-9-27-28(10-2)40(36-24-26-38(42(6,7)8)32-20-14-12-18-30(32)36)34-22-16-15-21-33(34)39(27)35-23-25-37(41(3,4)5)31-19-13-11-17-29(31)35/h9-26H,1-2H2,3-8H3. The Bertz CT molecular complexity index is 1870. The average Bonchev–Trinajstić information content (AvgIpc) is 2.97. The fourth-order valence-electron chi connectivity index (χ4n) is 6.83. The molecule has 0 saturated carbocycles. The molecule has 0 aliphatic rings. The van der Waals surface area contributed by atoms with Gasteiger partial charge in [-0.15, -0.1) is 0 Å². The van der Waals surface area contributed by atoms with Crippen LogP contribution in [0.5, 0.6) is 0 Å². The lowest BCUT2D eigenvalue weighted by Crippen LogP contribution is -2.12. The first-order valence-corrected chi connectivity index (χ1v) is 14.9. The summed E-state index contributed by atoms with van der Waals surface area (Å²) in [6.07, 6.45) is 4.06. The van der Waals surface area contributed by atoms with Gasteiger partial charge in [0.1, 0.15) is 0 Å². The fourth-order valence-corrected chi connectivity index (χ4v) is 6.83.